The van der Waals surface area contributed by atoms with Crippen LogP contribution in [-0.2, 0) is 6.54 Å². The quantitative estimate of drug-likeness (QED) is 0.358. The van der Waals surface area contributed by atoms with Gasteiger partial charge in [-0.3, -0.25) is 19.5 Å². The van der Waals surface area contributed by atoms with Crippen molar-refractivity contribution in [1.82, 2.24) is 4.57 Å². The number of rotatable bonds is 5. The standard InChI is InChI=1S/C17H13N5O5/c1-9-12(7-18)16(24)21(8-10-2-3-10)17(25)15(9)20-19-13-6-11(22(26)27)4-5-14(13)23/h2,4-6,23-24H,3,8H2,1H3. The number of allylic oxidation sites excluding steroid dienone is 2. The third kappa shape index (κ3) is 3.38. The molecular weight excluding hydrogens is 354 g/mol. The SMILES string of the molecule is Cc1c(C#N)c(O)n(CC2=CC2)c(=O)c1N=Nc1cc([N+](=O)[O-])ccc1O. The molecule has 1 aliphatic carbocycles. The van der Waals surface area contributed by atoms with Crippen LogP contribution in [0.5, 0.6) is 11.6 Å². The minimum Gasteiger partial charge on any atom is -0.506 e. The summed E-state index contributed by atoms with van der Waals surface area (Å²) in [6, 6.07) is 5.03. The average Bonchev–Trinajstić information content (AvgIpc) is 3.44. The number of nitriles is 1. The minimum atomic E-state index is -0.662. The Hall–Kier alpha value is -4.00. The third-order valence-corrected chi connectivity index (χ3v) is 4.05. The number of nitrogens with zero attached hydrogens (tertiary/aromatic N) is 5. The molecule has 3 rings (SSSR count). The highest BCUT2D eigenvalue weighted by Gasteiger charge is 2.21. The highest BCUT2D eigenvalue weighted by atomic mass is 16.6. The maximum Gasteiger partial charge on any atom is 0.281 e. The molecule has 10 nitrogen and oxygen atoms in total. The molecule has 1 aliphatic rings. The van der Waals surface area contributed by atoms with Gasteiger partial charge in [0.2, 0.25) is 5.88 Å². The predicted octanol–water partition coefficient (Wildman–Crippen LogP) is 3.09. The number of pyridine rings is 1. The summed E-state index contributed by atoms with van der Waals surface area (Å²) in [6.45, 7) is 1.56. The van der Waals surface area contributed by atoms with Gasteiger partial charge in [-0.25, -0.2) is 0 Å². The lowest BCUT2D eigenvalue weighted by Crippen LogP contribution is -2.21. The highest BCUT2D eigenvalue weighted by Crippen LogP contribution is 2.33. The van der Waals surface area contributed by atoms with E-state index in [1.165, 1.54) is 6.92 Å². The van der Waals surface area contributed by atoms with E-state index >= 15 is 0 Å². The Labute approximate surface area is 152 Å². The second-order valence-corrected chi connectivity index (χ2v) is 5.87. The Morgan fingerprint density at radius 1 is 1.37 bits per heavy atom. The van der Waals surface area contributed by atoms with Gasteiger partial charge in [-0.2, -0.15) is 5.26 Å². The van der Waals surface area contributed by atoms with Crippen molar-refractivity contribution in [3.8, 4) is 17.7 Å². The van der Waals surface area contributed by atoms with Gasteiger partial charge < -0.3 is 10.2 Å². The number of aromatic hydroxyl groups is 2. The van der Waals surface area contributed by atoms with Crippen molar-refractivity contribution >= 4 is 17.1 Å². The van der Waals surface area contributed by atoms with Gasteiger partial charge in [0.15, 0.2) is 5.69 Å². The maximum absolute atomic E-state index is 12.7. The summed E-state index contributed by atoms with van der Waals surface area (Å²) in [4.78, 5) is 22.9. The van der Waals surface area contributed by atoms with Gasteiger partial charge in [0.1, 0.15) is 23.1 Å². The smallest absolute Gasteiger partial charge is 0.281 e. The number of benzene rings is 1. The number of nitro groups is 1. The van der Waals surface area contributed by atoms with Crippen LogP contribution in [0, 0.1) is 28.4 Å². The van der Waals surface area contributed by atoms with Crippen molar-refractivity contribution in [3.05, 3.63) is 61.4 Å². The van der Waals surface area contributed by atoms with Crippen LogP contribution in [0.25, 0.3) is 0 Å². The summed E-state index contributed by atoms with van der Waals surface area (Å²) in [5.74, 6) is -0.810. The largest absolute Gasteiger partial charge is 0.506 e. The van der Waals surface area contributed by atoms with Crippen LogP contribution in [0.15, 0.2) is 44.9 Å². The number of phenols is 1. The van der Waals surface area contributed by atoms with E-state index in [9.17, 15) is 30.4 Å². The lowest BCUT2D eigenvalue weighted by molar-refractivity contribution is -0.384. The van der Waals surface area contributed by atoms with Crippen LogP contribution in [0.3, 0.4) is 0 Å². The normalized spacial score (nSPS) is 12.7. The number of hydrogen-bond acceptors (Lipinski definition) is 8. The molecule has 0 fully saturated rings. The molecule has 1 heterocycles. The van der Waals surface area contributed by atoms with Crippen molar-refractivity contribution in [3.63, 3.8) is 0 Å². The molecule has 10 heteroatoms. The maximum atomic E-state index is 12.7. The summed E-state index contributed by atoms with van der Waals surface area (Å²) >= 11 is 0. The summed E-state index contributed by atoms with van der Waals surface area (Å²) < 4.78 is 1.02. The molecule has 1 aromatic carbocycles. The fraction of sp³-hybridized carbons (Fsp3) is 0.176. The molecule has 0 amide bonds. The third-order valence-electron chi connectivity index (χ3n) is 4.05. The fourth-order valence-corrected chi connectivity index (χ4v) is 2.42. The van der Waals surface area contributed by atoms with E-state index in [0.717, 1.165) is 34.8 Å². The van der Waals surface area contributed by atoms with Crippen molar-refractivity contribution in [1.29, 1.82) is 5.26 Å². The van der Waals surface area contributed by atoms with Gasteiger partial charge in [-0.1, -0.05) is 11.6 Å². The van der Waals surface area contributed by atoms with Crippen molar-refractivity contribution in [2.45, 2.75) is 19.9 Å². The summed E-state index contributed by atoms with van der Waals surface area (Å²) in [5.41, 5.74) is -0.435. The first-order valence-corrected chi connectivity index (χ1v) is 7.77. The van der Waals surface area contributed by atoms with Crippen LogP contribution in [0.2, 0.25) is 0 Å². The molecule has 27 heavy (non-hydrogen) atoms. The van der Waals surface area contributed by atoms with Gasteiger partial charge in [-0.15, -0.1) is 10.2 Å². The topological polar surface area (TPSA) is 154 Å². The molecule has 2 N–H and O–H groups in total. The summed E-state index contributed by atoms with van der Waals surface area (Å²) in [7, 11) is 0. The zero-order valence-electron chi connectivity index (χ0n) is 14.1. The van der Waals surface area contributed by atoms with E-state index < -0.39 is 16.4 Å². The van der Waals surface area contributed by atoms with Gasteiger partial charge in [0, 0.05) is 17.7 Å². The van der Waals surface area contributed by atoms with E-state index in [-0.39, 0.29) is 40.5 Å². The summed E-state index contributed by atoms with van der Waals surface area (Å²) in [5, 5.41) is 47.7. The van der Waals surface area contributed by atoms with Crippen LogP contribution in [0.1, 0.15) is 17.5 Å². The molecule has 1 aromatic heterocycles. The first kappa shape index (κ1) is 17.8. The number of non-ortho nitro benzene ring substituents is 1. The number of azo groups is 1. The Kier molecular flexibility index (Phi) is 4.43. The van der Waals surface area contributed by atoms with E-state index in [0.29, 0.717) is 0 Å². The average molecular weight is 367 g/mol. The predicted molar refractivity (Wildman–Crippen MR) is 93.5 cm³/mol. The Balaban J connectivity index is 2.12. The molecule has 0 atom stereocenters. The number of nitro benzene ring substituents is 1. The minimum absolute atomic E-state index is 0.118. The number of hydrogen-bond donors (Lipinski definition) is 2. The monoisotopic (exact) mass is 367 g/mol. The molecule has 0 unspecified atom stereocenters. The van der Waals surface area contributed by atoms with Gasteiger partial charge in [-0.05, 0) is 19.4 Å². The first-order valence-electron chi connectivity index (χ1n) is 7.77. The van der Waals surface area contributed by atoms with E-state index in [1.807, 2.05) is 12.1 Å². The summed E-state index contributed by atoms with van der Waals surface area (Å²) in [6.07, 6.45) is 2.60. The lowest BCUT2D eigenvalue weighted by Gasteiger charge is -2.11. The molecule has 0 spiro atoms. The van der Waals surface area contributed by atoms with Crippen LogP contribution in [0.4, 0.5) is 17.1 Å². The highest BCUT2D eigenvalue weighted by molar-refractivity contribution is 5.59. The van der Waals surface area contributed by atoms with Crippen molar-refractivity contribution in [2.24, 2.45) is 10.2 Å². The molecule has 136 valence electrons. The van der Waals surface area contributed by atoms with Crippen LogP contribution >= 0.6 is 0 Å². The second-order valence-electron chi connectivity index (χ2n) is 5.87. The molecule has 0 bridgehead atoms. The van der Waals surface area contributed by atoms with Crippen molar-refractivity contribution in [2.75, 3.05) is 0 Å². The molecule has 0 radical (unpaired) electrons. The fourth-order valence-electron chi connectivity index (χ4n) is 2.42. The molecule has 0 aliphatic heterocycles. The van der Waals surface area contributed by atoms with E-state index in [4.69, 9.17) is 0 Å². The molecular formula is C17H13N5O5. The van der Waals surface area contributed by atoms with Gasteiger partial charge >= 0.3 is 0 Å². The Morgan fingerprint density at radius 2 is 2.07 bits per heavy atom. The van der Waals surface area contributed by atoms with Gasteiger partial charge in [0.25, 0.3) is 11.2 Å². The Morgan fingerprint density at radius 3 is 2.67 bits per heavy atom. The van der Waals surface area contributed by atoms with E-state index in [2.05, 4.69) is 10.2 Å². The van der Waals surface area contributed by atoms with Crippen molar-refractivity contribution < 1.29 is 15.1 Å². The number of aromatic nitrogens is 1. The Bertz CT molecular complexity index is 1120. The zero-order valence-corrected chi connectivity index (χ0v) is 14.1. The van der Waals surface area contributed by atoms with Gasteiger partial charge in [0.05, 0.1) is 11.5 Å². The first-order chi connectivity index (χ1) is 12.8. The molecule has 0 saturated carbocycles. The lowest BCUT2D eigenvalue weighted by atomic mass is 10.1. The molecule has 0 saturated heterocycles. The van der Waals surface area contributed by atoms with Crippen LogP contribution < -0.4 is 5.56 Å². The number of phenolic OH excluding ortho intramolecular Hbond substituents is 1. The second kappa shape index (κ2) is 6.72. The van der Waals surface area contributed by atoms with E-state index in [1.54, 1.807) is 0 Å². The van der Waals surface area contributed by atoms with Crippen LogP contribution in [-0.4, -0.2) is 19.7 Å². The molecule has 2 aromatic rings. The zero-order chi connectivity index (χ0) is 19.7.